The number of hydrogen-bond acceptors (Lipinski definition) is 0. The van der Waals surface area contributed by atoms with E-state index in [1.165, 1.54) is 38.9 Å². The highest BCUT2D eigenvalue weighted by atomic mass is 14.9. The second-order valence-corrected chi connectivity index (χ2v) is 6.44. The predicted molar refractivity (Wildman–Crippen MR) is 102 cm³/mol. The number of aryl methyl sites for hydroxylation is 2. The lowest BCUT2D eigenvalue weighted by atomic mass is 9.93. The van der Waals surface area contributed by atoms with Gasteiger partial charge in [-0.2, -0.15) is 0 Å². The van der Waals surface area contributed by atoms with Crippen LogP contribution in [0.15, 0.2) is 79.1 Å². The van der Waals surface area contributed by atoms with Gasteiger partial charge in [-0.3, -0.25) is 0 Å². The van der Waals surface area contributed by atoms with E-state index in [0.29, 0.717) is 0 Å². The number of benzene rings is 2. The van der Waals surface area contributed by atoms with Crippen LogP contribution in [0.5, 0.6) is 0 Å². The molecule has 118 valence electrons. The molecule has 0 aliphatic rings. The molecule has 0 N–H and O–H groups in total. The summed E-state index contributed by atoms with van der Waals surface area (Å²) in [6, 6.07) is 23.7. The van der Waals surface area contributed by atoms with Crippen LogP contribution in [0.2, 0.25) is 0 Å². The lowest BCUT2D eigenvalue weighted by Gasteiger charge is -2.11. The van der Waals surface area contributed by atoms with Crippen molar-refractivity contribution in [3.05, 3.63) is 101 Å². The summed E-state index contributed by atoms with van der Waals surface area (Å²) < 4.78 is 2.24. The first-order valence-electron chi connectivity index (χ1n) is 8.43. The number of aromatic nitrogens is 1. The molecule has 24 heavy (non-hydrogen) atoms. The number of hydrogen-bond donors (Lipinski definition) is 0. The fourth-order valence-corrected chi connectivity index (χ4v) is 3.57. The average Bonchev–Trinajstić information content (AvgIpc) is 2.97. The lowest BCUT2D eigenvalue weighted by Crippen LogP contribution is -1.95. The monoisotopic (exact) mass is 311 g/mol. The first kappa shape index (κ1) is 14.8. The van der Waals surface area contributed by atoms with Gasteiger partial charge in [0, 0.05) is 24.4 Å². The number of fused-ring (bicyclic) bond motifs is 1. The first-order valence-corrected chi connectivity index (χ1v) is 8.43. The van der Waals surface area contributed by atoms with Crippen LogP contribution in [0.4, 0.5) is 0 Å². The van der Waals surface area contributed by atoms with Gasteiger partial charge in [-0.05, 0) is 53.8 Å². The predicted octanol–water partition coefficient (Wildman–Crippen LogP) is 5.81. The van der Waals surface area contributed by atoms with E-state index in [2.05, 4.69) is 97.4 Å². The number of nitrogens with zero attached hydrogens (tertiary/aromatic N) is 1. The molecule has 4 aromatic rings. The Hall–Kier alpha value is -2.80. The summed E-state index contributed by atoms with van der Waals surface area (Å²) in [4.78, 5) is 0. The van der Waals surface area contributed by atoms with Gasteiger partial charge in [0.25, 0.3) is 0 Å². The van der Waals surface area contributed by atoms with Gasteiger partial charge in [0.1, 0.15) is 0 Å². The van der Waals surface area contributed by atoms with Crippen molar-refractivity contribution in [3.63, 3.8) is 0 Å². The molecule has 0 saturated carbocycles. The average molecular weight is 311 g/mol. The molecule has 2 aromatic carbocycles. The zero-order valence-corrected chi connectivity index (χ0v) is 14.2. The minimum Gasteiger partial charge on any atom is -0.323 e. The molecule has 0 aliphatic heterocycles. The van der Waals surface area contributed by atoms with Crippen LogP contribution in [0.1, 0.15) is 22.3 Å². The maximum Gasteiger partial charge on any atom is 0.0531 e. The quantitative estimate of drug-likeness (QED) is 0.449. The second kappa shape index (κ2) is 6.01. The summed E-state index contributed by atoms with van der Waals surface area (Å²) in [5.41, 5.74) is 9.44. The standard InChI is InChI=1S/C23H21N/c1-17-9-8-10-18(2)21(17)15-20-16-24-14-7-6-13-22(24)23(20)19-11-4-3-5-12-19/h3-14,16H,15H2,1-2H3. The van der Waals surface area contributed by atoms with Gasteiger partial charge in [-0.1, -0.05) is 54.6 Å². The molecule has 1 nitrogen and oxygen atoms in total. The Morgan fingerprint density at radius 1 is 0.750 bits per heavy atom. The molecule has 0 aliphatic carbocycles. The molecule has 0 saturated heterocycles. The van der Waals surface area contributed by atoms with Gasteiger partial charge in [0.15, 0.2) is 0 Å². The lowest BCUT2D eigenvalue weighted by molar-refractivity contribution is 1.11. The largest absolute Gasteiger partial charge is 0.323 e. The Kier molecular flexibility index (Phi) is 3.70. The SMILES string of the molecule is Cc1cccc(C)c1Cc1cn2ccccc2c1-c1ccccc1. The minimum absolute atomic E-state index is 0.963. The molecule has 2 heterocycles. The van der Waals surface area contributed by atoms with Crippen LogP contribution in [0, 0.1) is 13.8 Å². The highest BCUT2D eigenvalue weighted by Crippen LogP contribution is 2.32. The van der Waals surface area contributed by atoms with Gasteiger partial charge in [-0.25, -0.2) is 0 Å². The molecule has 0 spiro atoms. The van der Waals surface area contributed by atoms with Gasteiger partial charge < -0.3 is 4.40 Å². The van der Waals surface area contributed by atoms with E-state index in [1.807, 2.05) is 0 Å². The summed E-state index contributed by atoms with van der Waals surface area (Å²) in [7, 11) is 0. The van der Waals surface area contributed by atoms with Crippen molar-refractivity contribution in [2.75, 3.05) is 0 Å². The van der Waals surface area contributed by atoms with Crippen LogP contribution in [0.3, 0.4) is 0 Å². The summed E-state index contributed by atoms with van der Waals surface area (Å²) in [6.45, 7) is 4.42. The highest BCUT2D eigenvalue weighted by Gasteiger charge is 2.14. The third kappa shape index (κ3) is 2.52. The minimum atomic E-state index is 0.963. The van der Waals surface area contributed by atoms with E-state index < -0.39 is 0 Å². The molecule has 0 amide bonds. The van der Waals surface area contributed by atoms with Crippen molar-refractivity contribution in [1.29, 1.82) is 0 Å². The maximum absolute atomic E-state index is 2.28. The fraction of sp³-hybridized carbons (Fsp3) is 0.130. The van der Waals surface area contributed by atoms with E-state index in [0.717, 1.165) is 6.42 Å². The molecule has 1 heteroatoms. The summed E-state index contributed by atoms with van der Waals surface area (Å²) in [5.74, 6) is 0. The van der Waals surface area contributed by atoms with Gasteiger partial charge in [0.05, 0.1) is 5.52 Å². The van der Waals surface area contributed by atoms with E-state index in [9.17, 15) is 0 Å². The Balaban J connectivity index is 1.92. The molecule has 0 bridgehead atoms. The van der Waals surface area contributed by atoms with Crippen molar-refractivity contribution in [2.45, 2.75) is 20.3 Å². The summed E-state index contributed by atoms with van der Waals surface area (Å²) in [5, 5.41) is 0. The van der Waals surface area contributed by atoms with Gasteiger partial charge >= 0.3 is 0 Å². The van der Waals surface area contributed by atoms with Gasteiger partial charge in [-0.15, -0.1) is 0 Å². The third-order valence-corrected chi connectivity index (χ3v) is 4.84. The van der Waals surface area contributed by atoms with E-state index >= 15 is 0 Å². The van der Waals surface area contributed by atoms with Crippen LogP contribution in [-0.4, -0.2) is 4.40 Å². The maximum atomic E-state index is 2.28. The molecule has 0 unspecified atom stereocenters. The Morgan fingerprint density at radius 3 is 2.21 bits per heavy atom. The number of pyridine rings is 1. The molecular formula is C23H21N. The first-order chi connectivity index (χ1) is 11.7. The molecule has 0 radical (unpaired) electrons. The molecule has 4 rings (SSSR count). The molecule has 2 aromatic heterocycles. The van der Waals surface area contributed by atoms with Crippen molar-refractivity contribution in [1.82, 2.24) is 4.40 Å². The molecule has 0 atom stereocenters. The third-order valence-electron chi connectivity index (χ3n) is 4.84. The van der Waals surface area contributed by atoms with Crippen LogP contribution in [0.25, 0.3) is 16.6 Å². The van der Waals surface area contributed by atoms with Crippen molar-refractivity contribution in [2.24, 2.45) is 0 Å². The molecule has 0 fully saturated rings. The zero-order valence-electron chi connectivity index (χ0n) is 14.2. The van der Waals surface area contributed by atoms with E-state index in [-0.39, 0.29) is 0 Å². The summed E-state index contributed by atoms with van der Waals surface area (Å²) in [6.07, 6.45) is 5.38. The second-order valence-electron chi connectivity index (χ2n) is 6.44. The Bertz CT molecular complexity index is 973. The topological polar surface area (TPSA) is 4.41 Å². The smallest absolute Gasteiger partial charge is 0.0531 e. The van der Waals surface area contributed by atoms with E-state index in [4.69, 9.17) is 0 Å². The Labute approximate surface area is 143 Å². The van der Waals surface area contributed by atoms with Crippen LogP contribution >= 0.6 is 0 Å². The van der Waals surface area contributed by atoms with Crippen molar-refractivity contribution in [3.8, 4) is 11.1 Å². The fourth-order valence-electron chi connectivity index (χ4n) is 3.57. The Morgan fingerprint density at radius 2 is 1.46 bits per heavy atom. The number of rotatable bonds is 3. The van der Waals surface area contributed by atoms with E-state index in [1.54, 1.807) is 0 Å². The van der Waals surface area contributed by atoms with Crippen LogP contribution in [-0.2, 0) is 6.42 Å². The highest BCUT2D eigenvalue weighted by molar-refractivity contribution is 5.84. The van der Waals surface area contributed by atoms with Crippen molar-refractivity contribution < 1.29 is 0 Å². The van der Waals surface area contributed by atoms with Crippen LogP contribution < -0.4 is 0 Å². The summed E-state index contributed by atoms with van der Waals surface area (Å²) >= 11 is 0. The normalized spacial score (nSPS) is 11.1. The zero-order chi connectivity index (χ0) is 16.5. The molecular weight excluding hydrogens is 290 g/mol. The van der Waals surface area contributed by atoms with Crippen molar-refractivity contribution >= 4 is 5.52 Å². The van der Waals surface area contributed by atoms with Gasteiger partial charge in [0.2, 0.25) is 0 Å².